The monoisotopic (exact) mass is 361 g/mol. The lowest BCUT2D eigenvalue weighted by Gasteiger charge is -2.12. The molecule has 0 aliphatic heterocycles. The van der Waals surface area contributed by atoms with Crippen molar-refractivity contribution in [2.24, 2.45) is 0 Å². The first-order valence-corrected chi connectivity index (χ1v) is 7.62. The molecule has 0 aromatic heterocycles. The topological polar surface area (TPSA) is 64.6 Å². The molecule has 0 fully saturated rings. The van der Waals surface area contributed by atoms with Gasteiger partial charge in [-0.3, -0.25) is 9.59 Å². The number of alkyl halides is 2. The second-order valence-corrected chi connectivity index (χ2v) is 5.21. The van der Waals surface area contributed by atoms with Gasteiger partial charge in [0.2, 0.25) is 5.91 Å². The van der Waals surface area contributed by atoms with Crippen LogP contribution in [0.15, 0.2) is 48.5 Å². The highest BCUT2D eigenvalue weighted by Crippen LogP contribution is 2.33. The van der Waals surface area contributed by atoms with E-state index < -0.39 is 12.5 Å². The summed E-state index contributed by atoms with van der Waals surface area (Å²) in [4.78, 5) is 23.2. The van der Waals surface area contributed by atoms with Gasteiger partial charge in [0, 0.05) is 22.9 Å². The third-order valence-corrected chi connectivity index (χ3v) is 3.41. The van der Waals surface area contributed by atoms with E-state index in [-0.39, 0.29) is 22.8 Å². The molecule has 0 bridgehead atoms. The zero-order chi connectivity index (χ0) is 19.1. The molecule has 0 radical (unpaired) electrons. The zero-order valence-corrected chi connectivity index (χ0v) is 14.2. The van der Waals surface area contributed by atoms with E-state index in [1.807, 2.05) is 0 Å². The molecule has 0 aliphatic carbocycles. The Labute approximate surface area is 149 Å². The summed E-state index contributed by atoms with van der Waals surface area (Å²) in [7, 11) is 1.33. The second-order valence-electron chi connectivity index (χ2n) is 5.21. The Morgan fingerprint density at radius 3 is 2.38 bits per heavy atom. The van der Waals surface area contributed by atoms with E-state index in [1.54, 1.807) is 30.3 Å². The summed E-state index contributed by atoms with van der Waals surface area (Å²) in [5.74, 6) is -0.564. The molecule has 5 nitrogen and oxygen atoms in total. The number of amides is 1. The smallest absolute Gasteiger partial charge is 0.387 e. The van der Waals surface area contributed by atoms with Crippen LogP contribution in [0.4, 0.5) is 14.5 Å². The summed E-state index contributed by atoms with van der Waals surface area (Å²) in [6.45, 7) is -1.57. The maximum atomic E-state index is 12.6. The molecule has 1 N–H and O–H groups in total. The maximum Gasteiger partial charge on any atom is 0.387 e. The molecule has 0 unspecified atom stereocenters. The summed E-state index contributed by atoms with van der Waals surface area (Å²) < 4.78 is 34.7. The number of carbonyl (C=O) groups is 2. The predicted molar refractivity (Wildman–Crippen MR) is 93.7 cm³/mol. The number of Topliss-reactive ketones (excluding diaryl/α,β-unsaturated/α-hetero) is 1. The minimum Gasteiger partial charge on any atom is -0.493 e. The lowest BCUT2D eigenvalue weighted by atomic mass is 10.1. The van der Waals surface area contributed by atoms with Crippen LogP contribution in [0.1, 0.15) is 22.8 Å². The van der Waals surface area contributed by atoms with E-state index in [0.29, 0.717) is 11.3 Å². The molecule has 0 heterocycles. The average molecular weight is 361 g/mol. The Kier molecular flexibility index (Phi) is 6.43. The summed E-state index contributed by atoms with van der Waals surface area (Å²) in [5, 5.41) is 2.61. The van der Waals surface area contributed by atoms with Crippen LogP contribution in [-0.4, -0.2) is 25.4 Å². The number of carbonyl (C=O) groups excluding carboxylic acids is 2. The van der Waals surface area contributed by atoms with Gasteiger partial charge in [-0.15, -0.1) is 0 Å². The fraction of sp³-hybridized carbons (Fsp3) is 0.158. The number of hydrogen-bond acceptors (Lipinski definition) is 4. The molecule has 0 saturated heterocycles. The Hall–Kier alpha value is -3.22. The number of para-hydroxylation sites is 1. The maximum absolute atomic E-state index is 12.6. The third-order valence-electron chi connectivity index (χ3n) is 3.41. The molecule has 136 valence electrons. The molecule has 2 aromatic carbocycles. The fourth-order valence-corrected chi connectivity index (χ4v) is 2.18. The number of anilines is 1. The van der Waals surface area contributed by atoms with E-state index in [0.717, 1.165) is 0 Å². The van der Waals surface area contributed by atoms with Crippen molar-refractivity contribution in [3.8, 4) is 11.5 Å². The van der Waals surface area contributed by atoms with Crippen LogP contribution in [0.25, 0.3) is 6.08 Å². The number of benzene rings is 2. The largest absolute Gasteiger partial charge is 0.493 e. The molecule has 0 spiro atoms. The van der Waals surface area contributed by atoms with E-state index in [4.69, 9.17) is 4.74 Å². The molecule has 0 saturated carbocycles. The molecule has 2 aromatic rings. The van der Waals surface area contributed by atoms with E-state index in [9.17, 15) is 18.4 Å². The Morgan fingerprint density at radius 1 is 1.12 bits per heavy atom. The summed E-state index contributed by atoms with van der Waals surface area (Å²) in [6.07, 6.45) is 2.53. The lowest BCUT2D eigenvalue weighted by molar-refractivity contribution is -0.111. The van der Waals surface area contributed by atoms with Crippen molar-refractivity contribution < 1.29 is 27.8 Å². The van der Waals surface area contributed by atoms with Gasteiger partial charge in [0.05, 0.1) is 7.11 Å². The number of ketones is 1. The van der Waals surface area contributed by atoms with Crippen molar-refractivity contribution in [2.45, 2.75) is 13.5 Å². The van der Waals surface area contributed by atoms with E-state index in [2.05, 4.69) is 10.1 Å². The van der Waals surface area contributed by atoms with Crippen molar-refractivity contribution >= 4 is 23.5 Å². The summed E-state index contributed by atoms with van der Waals surface area (Å²) >= 11 is 0. The second kappa shape index (κ2) is 8.75. The highest BCUT2D eigenvalue weighted by atomic mass is 19.3. The summed E-state index contributed by atoms with van der Waals surface area (Å²) in [6, 6.07) is 11.0. The molecular weight excluding hydrogens is 344 g/mol. The van der Waals surface area contributed by atoms with Gasteiger partial charge in [-0.1, -0.05) is 12.1 Å². The lowest BCUT2D eigenvalue weighted by Crippen LogP contribution is -2.08. The van der Waals surface area contributed by atoms with Crippen LogP contribution in [0.5, 0.6) is 11.5 Å². The number of hydrogen-bond donors (Lipinski definition) is 1. The van der Waals surface area contributed by atoms with Gasteiger partial charge in [0.25, 0.3) is 0 Å². The van der Waals surface area contributed by atoms with E-state index >= 15 is 0 Å². The van der Waals surface area contributed by atoms with Gasteiger partial charge in [-0.25, -0.2) is 0 Å². The standard InChI is InChI=1S/C19H17F2NO4/c1-12(23)13-6-9-15(10-7-13)22-17(24)11-8-14-4-3-5-16(25-2)18(14)26-19(20)21/h3-11,19H,1-2H3,(H,22,24)/b11-8+. The van der Waals surface area contributed by atoms with E-state index in [1.165, 1.54) is 38.3 Å². The Bertz CT molecular complexity index is 817. The van der Waals surface area contributed by atoms with Crippen LogP contribution in [0.2, 0.25) is 0 Å². The quantitative estimate of drug-likeness (QED) is 0.594. The highest BCUT2D eigenvalue weighted by molar-refractivity contribution is 6.02. The van der Waals surface area contributed by atoms with Gasteiger partial charge in [0.1, 0.15) is 0 Å². The highest BCUT2D eigenvalue weighted by Gasteiger charge is 2.14. The minimum absolute atomic E-state index is 0.0765. The number of nitrogens with one attached hydrogen (secondary N) is 1. The molecule has 7 heteroatoms. The van der Waals surface area contributed by atoms with Crippen LogP contribution >= 0.6 is 0 Å². The van der Waals surface area contributed by atoms with Crippen molar-refractivity contribution in [2.75, 3.05) is 12.4 Å². The Balaban J connectivity index is 2.13. The van der Waals surface area contributed by atoms with Crippen LogP contribution < -0.4 is 14.8 Å². The first-order valence-electron chi connectivity index (χ1n) is 7.62. The molecule has 0 aliphatic rings. The van der Waals surface area contributed by atoms with Crippen molar-refractivity contribution in [1.29, 1.82) is 0 Å². The van der Waals surface area contributed by atoms with Crippen LogP contribution in [-0.2, 0) is 4.79 Å². The van der Waals surface area contributed by atoms with Crippen molar-refractivity contribution in [3.05, 3.63) is 59.7 Å². The van der Waals surface area contributed by atoms with Crippen LogP contribution in [0.3, 0.4) is 0 Å². The normalized spacial score (nSPS) is 10.8. The number of halogens is 2. The van der Waals surface area contributed by atoms with Crippen molar-refractivity contribution in [1.82, 2.24) is 0 Å². The van der Waals surface area contributed by atoms with Gasteiger partial charge < -0.3 is 14.8 Å². The first-order chi connectivity index (χ1) is 12.4. The number of methoxy groups -OCH3 is 1. The Morgan fingerprint density at radius 2 is 1.81 bits per heavy atom. The van der Waals surface area contributed by atoms with Crippen LogP contribution in [0, 0.1) is 0 Å². The average Bonchev–Trinajstić information content (AvgIpc) is 2.60. The van der Waals surface area contributed by atoms with Gasteiger partial charge >= 0.3 is 6.61 Å². The molecule has 26 heavy (non-hydrogen) atoms. The first kappa shape index (κ1) is 19.1. The zero-order valence-electron chi connectivity index (χ0n) is 14.2. The molecule has 0 atom stereocenters. The summed E-state index contributed by atoms with van der Waals surface area (Å²) in [5.41, 5.74) is 1.30. The van der Waals surface area contributed by atoms with Crippen molar-refractivity contribution in [3.63, 3.8) is 0 Å². The van der Waals surface area contributed by atoms with Gasteiger partial charge in [0.15, 0.2) is 17.3 Å². The molecule has 1 amide bonds. The van der Waals surface area contributed by atoms with Gasteiger partial charge in [-0.05, 0) is 43.3 Å². The fourth-order valence-electron chi connectivity index (χ4n) is 2.18. The van der Waals surface area contributed by atoms with Gasteiger partial charge in [-0.2, -0.15) is 8.78 Å². The molecule has 2 rings (SSSR count). The molecular formula is C19H17F2NO4. The SMILES string of the molecule is COc1cccc(/C=C/C(=O)Nc2ccc(C(C)=O)cc2)c1OC(F)F. The minimum atomic E-state index is -3.02. The number of rotatable bonds is 7. The number of ether oxygens (including phenoxy) is 2. The predicted octanol–water partition coefficient (Wildman–Crippen LogP) is 4.15. The third kappa shape index (κ3) is 5.14.